The van der Waals surface area contributed by atoms with E-state index in [4.69, 9.17) is 5.73 Å². The van der Waals surface area contributed by atoms with Crippen LogP contribution >= 0.6 is 15.9 Å². The van der Waals surface area contributed by atoms with Gasteiger partial charge in [-0.2, -0.15) is 0 Å². The van der Waals surface area contributed by atoms with E-state index in [1.165, 1.54) is 6.07 Å². The molecule has 0 aromatic heterocycles. The Hall–Kier alpha value is -0.970. The van der Waals surface area contributed by atoms with Crippen LogP contribution in [0.2, 0.25) is 0 Å². The SMILES string of the molecule is NC(=NC1CC1)c1ccc(F)c(F)c1Br. The zero-order valence-corrected chi connectivity index (χ0v) is 9.39. The van der Waals surface area contributed by atoms with Gasteiger partial charge < -0.3 is 5.73 Å². The Bertz CT molecular complexity index is 428. The van der Waals surface area contributed by atoms with Gasteiger partial charge in [-0.1, -0.05) is 0 Å². The molecule has 1 saturated carbocycles. The van der Waals surface area contributed by atoms with Gasteiger partial charge in [0.1, 0.15) is 5.84 Å². The minimum atomic E-state index is -0.929. The van der Waals surface area contributed by atoms with Gasteiger partial charge in [-0.05, 0) is 40.9 Å². The molecule has 0 amide bonds. The largest absolute Gasteiger partial charge is 0.383 e. The molecule has 2 rings (SSSR count). The molecule has 1 aliphatic carbocycles. The van der Waals surface area contributed by atoms with Crippen molar-refractivity contribution in [2.45, 2.75) is 18.9 Å². The van der Waals surface area contributed by atoms with Crippen molar-refractivity contribution in [2.75, 3.05) is 0 Å². The average Bonchev–Trinajstić information content (AvgIpc) is 2.98. The summed E-state index contributed by atoms with van der Waals surface area (Å²) in [6.45, 7) is 0. The Balaban J connectivity index is 2.39. The second-order valence-corrected chi connectivity index (χ2v) is 4.26. The van der Waals surface area contributed by atoms with Crippen LogP contribution in [0.5, 0.6) is 0 Å². The summed E-state index contributed by atoms with van der Waals surface area (Å²) in [6, 6.07) is 2.72. The fourth-order valence-corrected chi connectivity index (χ4v) is 1.72. The molecule has 2 N–H and O–H groups in total. The number of nitrogens with zero attached hydrogens (tertiary/aromatic N) is 1. The highest BCUT2D eigenvalue weighted by Crippen LogP contribution is 2.26. The third-order valence-corrected chi connectivity index (χ3v) is 2.95. The molecule has 0 aliphatic heterocycles. The molecule has 15 heavy (non-hydrogen) atoms. The highest BCUT2D eigenvalue weighted by atomic mass is 79.9. The fraction of sp³-hybridized carbons (Fsp3) is 0.300. The van der Waals surface area contributed by atoms with Crippen LogP contribution in [0.3, 0.4) is 0 Å². The predicted octanol–water partition coefficient (Wildman–Crippen LogP) is 2.60. The summed E-state index contributed by atoms with van der Waals surface area (Å²) >= 11 is 2.97. The zero-order valence-electron chi connectivity index (χ0n) is 7.80. The monoisotopic (exact) mass is 274 g/mol. The first-order chi connectivity index (χ1) is 7.09. The van der Waals surface area contributed by atoms with Crippen molar-refractivity contribution in [3.63, 3.8) is 0 Å². The smallest absolute Gasteiger partial charge is 0.173 e. The molecule has 1 aromatic rings. The van der Waals surface area contributed by atoms with Crippen molar-refractivity contribution in [3.8, 4) is 0 Å². The Morgan fingerprint density at radius 2 is 2.07 bits per heavy atom. The molecular weight excluding hydrogens is 266 g/mol. The Labute approximate surface area is 94.3 Å². The maximum Gasteiger partial charge on any atom is 0.173 e. The van der Waals surface area contributed by atoms with E-state index in [9.17, 15) is 8.78 Å². The number of hydrogen-bond acceptors (Lipinski definition) is 1. The van der Waals surface area contributed by atoms with Crippen LogP contribution in [0.1, 0.15) is 18.4 Å². The summed E-state index contributed by atoms with van der Waals surface area (Å²) in [5.74, 6) is -1.57. The normalized spacial score (nSPS) is 16.9. The number of amidine groups is 1. The lowest BCUT2D eigenvalue weighted by molar-refractivity contribution is 0.504. The van der Waals surface area contributed by atoms with Crippen LogP contribution in [0, 0.1) is 11.6 Å². The van der Waals surface area contributed by atoms with Gasteiger partial charge in [0.2, 0.25) is 0 Å². The van der Waals surface area contributed by atoms with Crippen LogP contribution in [0.15, 0.2) is 21.6 Å². The van der Waals surface area contributed by atoms with Crippen LogP contribution in [0.4, 0.5) is 8.78 Å². The first kappa shape index (κ1) is 10.5. The van der Waals surface area contributed by atoms with E-state index < -0.39 is 11.6 Å². The number of aliphatic imine (C=N–C) groups is 1. The third kappa shape index (κ3) is 2.17. The number of hydrogen-bond donors (Lipinski definition) is 1. The average molecular weight is 275 g/mol. The highest BCUT2D eigenvalue weighted by molar-refractivity contribution is 9.10. The minimum Gasteiger partial charge on any atom is -0.383 e. The van der Waals surface area contributed by atoms with Gasteiger partial charge in [-0.3, -0.25) is 4.99 Å². The summed E-state index contributed by atoms with van der Waals surface area (Å²) in [5.41, 5.74) is 6.09. The van der Waals surface area contributed by atoms with E-state index in [1.807, 2.05) is 0 Å². The molecule has 1 fully saturated rings. The van der Waals surface area contributed by atoms with Gasteiger partial charge >= 0.3 is 0 Å². The molecule has 0 radical (unpaired) electrons. The maximum atomic E-state index is 13.2. The van der Waals surface area contributed by atoms with E-state index in [0.717, 1.165) is 18.9 Å². The van der Waals surface area contributed by atoms with Crippen molar-refractivity contribution >= 4 is 21.8 Å². The van der Waals surface area contributed by atoms with E-state index in [2.05, 4.69) is 20.9 Å². The summed E-state index contributed by atoms with van der Waals surface area (Å²) in [7, 11) is 0. The molecule has 80 valence electrons. The summed E-state index contributed by atoms with van der Waals surface area (Å²) < 4.78 is 26.0. The van der Waals surface area contributed by atoms with Crippen LogP contribution in [-0.4, -0.2) is 11.9 Å². The molecule has 0 bridgehead atoms. The van der Waals surface area contributed by atoms with Crippen LogP contribution in [-0.2, 0) is 0 Å². The first-order valence-electron chi connectivity index (χ1n) is 4.56. The van der Waals surface area contributed by atoms with E-state index in [-0.39, 0.29) is 16.4 Å². The zero-order chi connectivity index (χ0) is 11.0. The molecule has 0 saturated heterocycles. The Morgan fingerprint density at radius 1 is 1.40 bits per heavy atom. The summed E-state index contributed by atoms with van der Waals surface area (Å²) in [5, 5.41) is 0. The number of nitrogens with two attached hydrogens (primary N) is 1. The second-order valence-electron chi connectivity index (χ2n) is 3.47. The van der Waals surface area contributed by atoms with Gasteiger partial charge in [-0.25, -0.2) is 8.78 Å². The molecule has 0 heterocycles. The predicted molar refractivity (Wildman–Crippen MR) is 57.8 cm³/mol. The molecule has 1 aliphatic rings. The van der Waals surface area contributed by atoms with Crippen molar-refractivity contribution in [1.29, 1.82) is 0 Å². The highest BCUT2D eigenvalue weighted by Gasteiger charge is 2.22. The van der Waals surface area contributed by atoms with Crippen molar-refractivity contribution < 1.29 is 8.78 Å². The van der Waals surface area contributed by atoms with Crippen LogP contribution < -0.4 is 5.73 Å². The standard InChI is InChI=1S/C10H9BrF2N2/c11-8-6(3-4-7(12)9(8)13)10(14)15-5-1-2-5/h3-5H,1-2H2,(H2,14,15). The Kier molecular flexibility index (Phi) is 2.73. The summed E-state index contributed by atoms with van der Waals surface area (Å²) in [6.07, 6.45) is 2.03. The van der Waals surface area contributed by atoms with E-state index in [0.29, 0.717) is 5.56 Å². The lowest BCUT2D eigenvalue weighted by Gasteiger charge is -2.05. The fourth-order valence-electron chi connectivity index (χ4n) is 1.19. The van der Waals surface area contributed by atoms with Gasteiger partial charge in [0.25, 0.3) is 0 Å². The van der Waals surface area contributed by atoms with Gasteiger partial charge in [-0.15, -0.1) is 0 Å². The third-order valence-electron chi connectivity index (χ3n) is 2.18. The number of halogens is 3. The van der Waals surface area contributed by atoms with E-state index >= 15 is 0 Å². The molecule has 1 aromatic carbocycles. The van der Waals surface area contributed by atoms with Crippen molar-refractivity contribution in [2.24, 2.45) is 10.7 Å². The quantitative estimate of drug-likeness (QED) is 0.503. The molecular formula is C10H9BrF2N2. The molecule has 0 unspecified atom stereocenters. The van der Waals surface area contributed by atoms with Gasteiger partial charge in [0.05, 0.1) is 10.5 Å². The topological polar surface area (TPSA) is 38.4 Å². The lowest BCUT2D eigenvalue weighted by atomic mass is 10.2. The van der Waals surface area contributed by atoms with Crippen molar-refractivity contribution in [1.82, 2.24) is 0 Å². The molecule has 5 heteroatoms. The van der Waals surface area contributed by atoms with Crippen molar-refractivity contribution in [3.05, 3.63) is 33.8 Å². The van der Waals surface area contributed by atoms with Gasteiger partial charge in [0, 0.05) is 5.56 Å². The number of rotatable bonds is 2. The molecule has 0 spiro atoms. The lowest BCUT2D eigenvalue weighted by Crippen LogP contribution is -2.15. The molecule has 0 atom stereocenters. The van der Waals surface area contributed by atoms with Gasteiger partial charge in [0.15, 0.2) is 11.6 Å². The van der Waals surface area contributed by atoms with E-state index in [1.54, 1.807) is 0 Å². The Morgan fingerprint density at radius 3 is 2.67 bits per heavy atom. The minimum absolute atomic E-state index is 0.0319. The first-order valence-corrected chi connectivity index (χ1v) is 5.36. The van der Waals surface area contributed by atoms with Crippen LogP contribution in [0.25, 0.3) is 0 Å². The maximum absolute atomic E-state index is 13.2. The molecule has 2 nitrogen and oxygen atoms in total. The summed E-state index contributed by atoms with van der Waals surface area (Å²) in [4.78, 5) is 4.17. The second kappa shape index (κ2) is 3.89. The number of benzene rings is 1.